The Balaban J connectivity index is 2.13. The summed E-state index contributed by atoms with van der Waals surface area (Å²) in [7, 11) is 0. The van der Waals surface area contributed by atoms with Gasteiger partial charge in [0.1, 0.15) is 0 Å². The Morgan fingerprint density at radius 1 is 1.10 bits per heavy atom. The molecule has 118 valence electrons. The van der Waals surface area contributed by atoms with Crippen molar-refractivity contribution in [1.29, 1.82) is 0 Å². The van der Waals surface area contributed by atoms with Crippen LogP contribution in [0.3, 0.4) is 0 Å². The van der Waals surface area contributed by atoms with Crippen LogP contribution in [0.5, 0.6) is 0 Å². The van der Waals surface area contributed by atoms with E-state index in [-0.39, 0.29) is 0 Å². The summed E-state index contributed by atoms with van der Waals surface area (Å²) in [5.74, 6) is 0.816. The van der Waals surface area contributed by atoms with Crippen molar-refractivity contribution in [3.05, 3.63) is 0 Å². The Bertz CT molecular complexity index is 279. The molecule has 1 N–H and O–H groups in total. The third kappa shape index (κ3) is 3.39. The van der Waals surface area contributed by atoms with E-state index in [0.717, 1.165) is 18.0 Å². The minimum atomic E-state index is 0.376. The SMILES string of the molecule is CCC(C)C1CNC(CC)(CC)CN1C1CCCCC1. The molecule has 2 rings (SSSR count). The van der Waals surface area contributed by atoms with Crippen molar-refractivity contribution in [2.45, 2.75) is 96.7 Å². The highest BCUT2D eigenvalue weighted by molar-refractivity contribution is 5.00. The smallest absolute Gasteiger partial charge is 0.0304 e. The molecule has 0 spiro atoms. The average Bonchev–Trinajstić information content (AvgIpc) is 2.54. The molecule has 1 saturated heterocycles. The Kier molecular flexibility index (Phi) is 5.92. The van der Waals surface area contributed by atoms with Crippen LogP contribution in [0.25, 0.3) is 0 Å². The van der Waals surface area contributed by atoms with Crippen LogP contribution >= 0.6 is 0 Å². The standard InChI is InChI=1S/C18H36N2/c1-5-15(4)17-13-19-18(6-2,7-3)14-20(17)16-11-9-8-10-12-16/h15-17,19H,5-14H2,1-4H3. The number of hydrogen-bond donors (Lipinski definition) is 1. The van der Waals surface area contributed by atoms with Gasteiger partial charge in [-0.3, -0.25) is 4.90 Å². The maximum absolute atomic E-state index is 3.92. The Labute approximate surface area is 126 Å². The third-order valence-corrected chi connectivity index (χ3v) is 6.30. The molecular weight excluding hydrogens is 244 g/mol. The van der Waals surface area contributed by atoms with Crippen LogP contribution in [-0.2, 0) is 0 Å². The van der Waals surface area contributed by atoms with E-state index in [4.69, 9.17) is 0 Å². The van der Waals surface area contributed by atoms with Crippen LogP contribution in [0, 0.1) is 5.92 Å². The van der Waals surface area contributed by atoms with Crippen molar-refractivity contribution in [3.8, 4) is 0 Å². The zero-order chi connectivity index (χ0) is 14.6. The monoisotopic (exact) mass is 280 g/mol. The highest BCUT2D eigenvalue weighted by Crippen LogP contribution is 2.33. The first-order chi connectivity index (χ1) is 9.65. The van der Waals surface area contributed by atoms with Crippen LogP contribution in [0.4, 0.5) is 0 Å². The van der Waals surface area contributed by atoms with Gasteiger partial charge >= 0.3 is 0 Å². The van der Waals surface area contributed by atoms with Gasteiger partial charge in [0, 0.05) is 30.7 Å². The molecule has 1 aliphatic heterocycles. The summed E-state index contributed by atoms with van der Waals surface area (Å²) in [4.78, 5) is 2.93. The van der Waals surface area contributed by atoms with E-state index in [1.165, 1.54) is 64.5 Å². The number of rotatable bonds is 5. The molecule has 2 fully saturated rings. The molecule has 0 aromatic heterocycles. The van der Waals surface area contributed by atoms with Crippen molar-refractivity contribution < 1.29 is 0 Å². The molecule has 2 unspecified atom stereocenters. The van der Waals surface area contributed by atoms with E-state index < -0.39 is 0 Å². The molecule has 1 saturated carbocycles. The lowest BCUT2D eigenvalue weighted by Gasteiger charge is -2.52. The Hall–Kier alpha value is -0.0800. The second kappa shape index (κ2) is 7.26. The molecule has 1 aliphatic carbocycles. The lowest BCUT2D eigenvalue weighted by Crippen LogP contribution is -2.67. The van der Waals surface area contributed by atoms with Gasteiger partial charge < -0.3 is 5.32 Å². The van der Waals surface area contributed by atoms with Gasteiger partial charge in [0.2, 0.25) is 0 Å². The van der Waals surface area contributed by atoms with Gasteiger partial charge in [-0.2, -0.15) is 0 Å². The fourth-order valence-corrected chi connectivity index (χ4v) is 4.30. The van der Waals surface area contributed by atoms with Crippen molar-refractivity contribution in [2.75, 3.05) is 13.1 Å². The molecule has 2 aliphatic rings. The number of nitrogens with one attached hydrogen (secondary N) is 1. The summed E-state index contributed by atoms with van der Waals surface area (Å²) < 4.78 is 0. The van der Waals surface area contributed by atoms with E-state index in [1.807, 2.05) is 0 Å². The van der Waals surface area contributed by atoms with E-state index in [0.29, 0.717) is 5.54 Å². The lowest BCUT2D eigenvalue weighted by molar-refractivity contribution is 0.000982. The first-order valence-corrected chi connectivity index (χ1v) is 9.16. The molecule has 2 heteroatoms. The second-order valence-electron chi connectivity index (χ2n) is 7.29. The summed E-state index contributed by atoms with van der Waals surface area (Å²) in [6.07, 6.45) is 11.1. The van der Waals surface area contributed by atoms with Gasteiger partial charge in [0.15, 0.2) is 0 Å². The van der Waals surface area contributed by atoms with E-state index >= 15 is 0 Å². The summed E-state index contributed by atoms with van der Waals surface area (Å²) in [6, 6.07) is 1.62. The topological polar surface area (TPSA) is 15.3 Å². The van der Waals surface area contributed by atoms with Gasteiger partial charge in [0.25, 0.3) is 0 Å². The Morgan fingerprint density at radius 3 is 2.30 bits per heavy atom. The van der Waals surface area contributed by atoms with E-state index in [1.54, 1.807) is 0 Å². The van der Waals surface area contributed by atoms with Crippen LogP contribution in [0.1, 0.15) is 79.1 Å². The second-order valence-corrected chi connectivity index (χ2v) is 7.29. The van der Waals surface area contributed by atoms with Crippen LogP contribution in [0.2, 0.25) is 0 Å². The lowest BCUT2D eigenvalue weighted by atomic mass is 9.82. The summed E-state index contributed by atoms with van der Waals surface area (Å²) in [5, 5.41) is 3.92. The molecule has 20 heavy (non-hydrogen) atoms. The molecule has 2 nitrogen and oxygen atoms in total. The molecule has 1 heterocycles. The number of hydrogen-bond acceptors (Lipinski definition) is 2. The van der Waals surface area contributed by atoms with Crippen LogP contribution < -0.4 is 5.32 Å². The van der Waals surface area contributed by atoms with Crippen molar-refractivity contribution in [3.63, 3.8) is 0 Å². The predicted molar refractivity (Wildman–Crippen MR) is 88.1 cm³/mol. The number of piperazine rings is 1. The van der Waals surface area contributed by atoms with Crippen molar-refractivity contribution >= 4 is 0 Å². The van der Waals surface area contributed by atoms with Gasteiger partial charge in [0.05, 0.1) is 0 Å². The minimum absolute atomic E-state index is 0.376. The molecule has 0 amide bonds. The molecule has 2 atom stereocenters. The van der Waals surface area contributed by atoms with Gasteiger partial charge in [-0.1, -0.05) is 53.4 Å². The van der Waals surface area contributed by atoms with E-state index in [2.05, 4.69) is 37.9 Å². The van der Waals surface area contributed by atoms with Gasteiger partial charge in [-0.05, 0) is 31.6 Å². The summed E-state index contributed by atoms with van der Waals surface area (Å²) in [6.45, 7) is 12.0. The van der Waals surface area contributed by atoms with E-state index in [9.17, 15) is 0 Å². The molecule has 0 aromatic rings. The predicted octanol–water partition coefficient (Wildman–Crippen LogP) is 4.20. The summed E-state index contributed by atoms with van der Waals surface area (Å²) >= 11 is 0. The highest BCUT2D eigenvalue weighted by atomic mass is 15.3. The normalized spacial score (nSPS) is 30.3. The average molecular weight is 280 g/mol. The molecular formula is C18H36N2. The number of nitrogens with zero attached hydrogens (tertiary/aromatic N) is 1. The maximum atomic E-state index is 3.92. The van der Waals surface area contributed by atoms with Crippen LogP contribution in [-0.4, -0.2) is 35.6 Å². The minimum Gasteiger partial charge on any atom is -0.308 e. The molecule has 0 aromatic carbocycles. The fourth-order valence-electron chi connectivity index (χ4n) is 4.30. The fraction of sp³-hybridized carbons (Fsp3) is 1.00. The summed E-state index contributed by atoms with van der Waals surface area (Å²) in [5.41, 5.74) is 0.376. The largest absolute Gasteiger partial charge is 0.308 e. The molecule has 0 radical (unpaired) electrons. The molecule has 0 bridgehead atoms. The van der Waals surface area contributed by atoms with Crippen molar-refractivity contribution in [1.82, 2.24) is 10.2 Å². The highest BCUT2D eigenvalue weighted by Gasteiger charge is 2.41. The third-order valence-electron chi connectivity index (χ3n) is 6.30. The first-order valence-electron chi connectivity index (χ1n) is 9.16. The van der Waals surface area contributed by atoms with Crippen molar-refractivity contribution in [2.24, 2.45) is 5.92 Å². The van der Waals surface area contributed by atoms with Gasteiger partial charge in [-0.15, -0.1) is 0 Å². The Morgan fingerprint density at radius 2 is 1.75 bits per heavy atom. The quantitative estimate of drug-likeness (QED) is 0.812. The van der Waals surface area contributed by atoms with Gasteiger partial charge in [-0.25, -0.2) is 0 Å². The zero-order valence-electron chi connectivity index (χ0n) is 14.3. The maximum Gasteiger partial charge on any atom is 0.0304 e. The zero-order valence-corrected chi connectivity index (χ0v) is 14.3. The van der Waals surface area contributed by atoms with Crippen LogP contribution in [0.15, 0.2) is 0 Å². The first kappa shape index (κ1) is 16.3.